The lowest BCUT2D eigenvalue weighted by atomic mass is 10.0. The number of nitrogens with zero attached hydrogens (tertiary/aromatic N) is 2. The molecule has 1 atom stereocenters. The Kier molecular flexibility index (Phi) is 6.33. The Hall–Kier alpha value is -0.320. The summed E-state index contributed by atoms with van der Waals surface area (Å²) in [5.41, 5.74) is 7.23. The molecule has 1 aliphatic heterocycles. The molecule has 1 aromatic carbocycles. The van der Waals surface area contributed by atoms with Crippen LogP contribution in [0.25, 0.3) is 0 Å². The molecule has 1 aromatic rings. The predicted octanol–water partition coefficient (Wildman–Crippen LogP) is 3.41. The van der Waals surface area contributed by atoms with Gasteiger partial charge in [-0.15, -0.1) is 0 Å². The first-order valence-electron chi connectivity index (χ1n) is 7.57. The van der Waals surface area contributed by atoms with Gasteiger partial charge in [0, 0.05) is 12.1 Å². The van der Waals surface area contributed by atoms with Gasteiger partial charge in [0.1, 0.15) is 0 Å². The minimum atomic E-state index is -0.0649. The number of hydrogen-bond acceptors (Lipinski definition) is 3. The van der Waals surface area contributed by atoms with Crippen molar-refractivity contribution in [1.82, 2.24) is 9.80 Å². The van der Waals surface area contributed by atoms with Crippen molar-refractivity contribution < 1.29 is 0 Å². The summed E-state index contributed by atoms with van der Waals surface area (Å²) in [4.78, 5) is 4.83. The van der Waals surface area contributed by atoms with Crippen molar-refractivity contribution in [2.24, 2.45) is 5.73 Å². The monoisotopic (exact) mass is 329 g/mol. The Bertz CT molecular complexity index is 459. The van der Waals surface area contributed by atoms with Crippen LogP contribution in [0.3, 0.4) is 0 Å². The molecular formula is C16H25Cl2N3. The number of piperidine rings is 1. The van der Waals surface area contributed by atoms with Gasteiger partial charge in [0.25, 0.3) is 0 Å². The Labute approximate surface area is 138 Å². The number of nitrogens with two attached hydrogens (primary N) is 1. The minimum Gasteiger partial charge on any atom is -0.324 e. The quantitative estimate of drug-likeness (QED) is 0.898. The summed E-state index contributed by atoms with van der Waals surface area (Å²) in [6, 6.07) is 6.27. The Balaban J connectivity index is 1.86. The summed E-state index contributed by atoms with van der Waals surface area (Å²) in [5, 5.41) is 1.17. The zero-order valence-corrected chi connectivity index (χ0v) is 14.4. The fraction of sp³-hybridized carbons (Fsp3) is 0.625. The summed E-state index contributed by atoms with van der Waals surface area (Å²) < 4.78 is 0. The lowest BCUT2D eigenvalue weighted by molar-refractivity contribution is 0.141. The molecule has 0 aliphatic carbocycles. The summed E-state index contributed by atoms with van der Waals surface area (Å²) in [6.07, 6.45) is 3.36. The molecule has 0 saturated carbocycles. The maximum absolute atomic E-state index is 6.29. The van der Waals surface area contributed by atoms with E-state index in [1.165, 1.54) is 25.9 Å². The number of hydrogen-bond donors (Lipinski definition) is 1. The number of benzene rings is 1. The van der Waals surface area contributed by atoms with E-state index in [1.54, 1.807) is 6.07 Å². The Morgan fingerprint density at radius 1 is 1.33 bits per heavy atom. The second kappa shape index (κ2) is 7.80. The van der Waals surface area contributed by atoms with Gasteiger partial charge in [-0.25, -0.2) is 0 Å². The number of halogens is 2. The number of rotatable bonds is 5. The van der Waals surface area contributed by atoms with E-state index in [9.17, 15) is 0 Å². The van der Waals surface area contributed by atoms with Crippen LogP contribution in [0.2, 0.25) is 10.0 Å². The van der Waals surface area contributed by atoms with Gasteiger partial charge in [-0.05, 0) is 64.6 Å². The van der Waals surface area contributed by atoms with Crippen molar-refractivity contribution in [3.8, 4) is 0 Å². The fourth-order valence-corrected chi connectivity index (χ4v) is 3.37. The molecule has 0 amide bonds. The average molecular weight is 330 g/mol. The molecule has 5 heteroatoms. The third-order valence-corrected chi connectivity index (χ3v) is 5.32. The topological polar surface area (TPSA) is 32.5 Å². The van der Waals surface area contributed by atoms with E-state index >= 15 is 0 Å². The Morgan fingerprint density at radius 2 is 2.00 bits per heavy atom. The number of likely N-dealkylation sites (tertiary alicyclic amines) is 1. The summed E-state index contributed by atoms with van der Waals surface area (Å²) >= 11 is 12.3. The van der Waals surface area contributed by atoms with Crippen molar-refractivity contribution in [1.29, 1.82) is 0 Å². The van der Waals surface area contributed by atoms with E-state index in [0.29, 0.717) is 16.1 Å². The largest absolute Gasteiger partial charge is 0.324 e. The Morgan fingerprint density at radius 3 is 2.67 bits per heavy atom. The molecule has 0 spiro atoms. The van der Waals surface area contributed by atoms with Crippen LogP contribution in [0, 0.1) is 0 Å². The normalized spacial score (nSPS) is 19.1. The summed E-state index contributed by atoms with van der Waals surface area (Å²) in [6.45, 7) is 3.35. The van der Waals surface area contributed by atoms with E-state index in [0.717, 1.165) is 18.5 Å². The third-order valence-electron chi connectivity index (χ3n) is 4.49. The van der Waals surface area contributed by atoms with Crippen LogP contribution in [0.15, 0.2) is 18.2 Å². The van der Waals surface area contributed by atoms with Gasteiger partial charge in [-0.3, -0.25) is 0 Å². The van der Waals surface area contributed by atoms with Gasteiger partial charge in [-0.2, -0.15) is 0 Å². The highest BCUT2D eigenvalue weighted by Gasteiger charge is 2.21. The molecule has 1 aliphatic rings. The molecule has 118 valence electrons. The maximum atomic E-state index is 6.29. The highest BCUT2D eigenvalue weighted by Crippen LogP contribution is 2.30. The first kappa shape index (κ1) is 17.0. The molecule has 2 rings (SSSR count). The van der Waals surface area contributed by atoms with Crippen LogP contribution in [0.1, 0.15) is 30.9 Å². The molecule has 3 nitrogen and oxygen atoms in total. The lowest BCUT2D eigenvalue weighted by Crippen LogP contribution is -2.42. The molecule has 1 saturated heterocycles. The van der Waals surface area contributed by atoms with Crippen molar-refractivity contribution in [3.05, 3.63) is 33.8 Å². The first-order valence-corrected chi connectivity index (χ1v) is 8.33. The highest BCUT2D eigenvalue weighted by atomic mass is 35.5. The maximum Gasteiger partial charge on any atom is 0.0640 e. The first-order chi connectivity index (χ1) is 9.99. The van der Waals surface area contributed by atoms with Crippen molar-refractivity contribution in [2.75, 3.05) is 33.7 Å². The highest BCUT2D eigenvalue weighted by molar-refractivity contribution is 6.42. The third kappa shape index (κ3) is 4.57. The van der Waals surface area contributed by atoms with E-state index < -0.39 is 0 Å². The summed E-state index contributed by atoms with van der Waals surface area (Å²) in [5.74, 6) is 0. The van der Waals surface area contributed by atoms with Crippen molar-refractivity contribution >= 4 is 23.2 Å². The van der Waals surface area contributed by atoms with Crippen LogP contribution in [-0.2, 0) is 0 Å². The van der Waals surface area contributed by atoms with E-state index in [-0.39, 0.29) is 6.04 Å². The molecule has 2 N–H and O–H groups in total. The van der Waals surface area contributed by atoms with E-state index in [4.69, 9.17) is 28.9 Å². The van der Waals surface area contributed by atoms with E-state index in [2.05, 4.69) is 23.9 Å². The molecule has 1 heterocycles. The molecule has 1 unspecified atom stereocenters. The fourth-order valence-electron chi connectivity index (χ4n) is 2.92. The molecule has 0 aromatic heterocycles. The molecular weight excluding hydrogens is 305 g/mol. The molecule has 0 radical (unpaired) electrons. The second-order valence-electron chi connectivity index (χ2n) is 6.05. The van der Waals surface area contributed by atoms with Gasteiger partial charge in [0.2, 0.25) is 0 Å². The average Bonchev–Trinajstić information content (AvgIpc) is 2.48. The van der Waals surface area contributed by atoms with Crippen LogP contribution >= 0.6 is 23.2 Å². The summed E-state index contributed by atoms with van der Waals surface area (Å²) in [7, 11) is 4.38. The van der Waals surface area contributed by atoms with Gasteiger partial charge in [0.05, 0.1) is 10.0 Å². The molecule has 21 heavy (non-hydrogen) atoms. The van der Waals surface area contributed by atoms with Gasteiger partial charge in [0.15, 0.2) is 0 Å². The van der Waals surface area contributed by atoms with Gasteiger partial charge < -0.3 is 15.5 Å². The van der Waals surface area contributed by atoms with E-state index in [1.807, 2.05) is 12.1 Å². The molecule has 0 bridgehead atoms. The SMILES string of the molecule is CN1CCC(N(C)CCC(N)c2cccc(Cl)c2Cl)CC1. The van der Waals surface area contributed by atoms with Crippen molar-refractivity contribution in [2.45, 2.75) is 31.3 Å². The lowest BCUT2D eigenvalue weighted by Gasteiger charge is -2.35. The van der Waals surface area contributed by atoms with Crippen molar-refractivity contribution in [3.63, 3.8) is 0 Å². The zero-order chi connectivity index (χ0) is 15.4. The minimum absolute atomic E-state index is 0.0649. The predicted molar refractivity (Wildman–Crippen MR) is 91.2 cm³/mol. The van der Waals surface area contributed by atoms with Crippen LogP contribution in [0.5, 0.6) is 0 Å². The van der Waals surface area contributed by atoms with Crippen LogP contribution in [0.4, 0.5) is 0 Å². The zero-order valence-electron chi connectivity index (χ0n) is 12.9. The molecule has 1 fully saturated rings. The van der Waals surface area contributed by atoms with Gasteiger partial charge >= 0.3 is 0 Å². The standard InChI is InChI=1S/C16H25Cl2N3/c1-20-9-6-12(7-10-20)21(2)11-8-15(19)13-4-3-5-14(17)16(13)18/h3-5,12,15H,6-11,19H2,1-2H3. The smallest absolute Gasteiger partial charge is 0.0640 e. The van der Waals surface area contributed by atoms with Crippen LogP contribution in [-0.4, -0.2) is 49.6 Å². The second-order valence-corrected chi connectivity index (χ2v) is 6.84. The van der Waals surface area contributed by atoms with Crippen LogP contribution < -0.4 is 5.73 Å². The van der Waals surface area contributed by atoms with Gasteiger partial charge in [-0.1, -0.05) is 35.3 Å².